The van der Waals surface area contributed by atoms with Crippen molar-refractivity contribution in [2.24, 2.45) is 5.41 Å². The van der Waals surface area contributed by atoms with Crippen molar-refractivity contribution in [3.8, 4) is 6.07 Å². The van der Waals surface area contributed by atoms with E-state index in [1.807, 2.05) is 12.1 Å². The highest BCUT2D eigenvalue weighted by Gasteiger charge is 2.24. The molecule has 4 heteroatoms. The second kappa shape index (κ2) is 6.63. The third-order valence-electron chi connectivity index (χ3n) is 3.59. The first-order chi connectivity index (χ1) is 8.60. The highest BCUT2D eigenvalue weighted by atomic mass is 35.5. The van der Waals surface area contributed by atoms with Crippen molar-refractivity contribution in [2.75, 3.05) is 18.5 Å². The third-order valence-corrected chi connectivity index (χ3v) is 3.91. The lowest BCUT2D eigenvalue weighted by molar-refractivity contribution is 0.127. The lowest BCUT2D eigenvalue weighted by atomic mass is 9.83. The van der Waals surface area contributed by atoms with Crippen LogP contribution in [0.2, 0.25) is 5.02 Å². The van der Waals surface area contributed by atoms with Crippen LogP contribution >= 0.6 is 11.6 Å². The number of nitriles is 1. The van der Waals surface area contributed by atoms with Crippen LogP contribution in [0.1, 0.15) is 32.3 Å². The minimum atomic E-state index is -0.0968. The maximum absolute atomic E-state index is 9.48. The largest absolute Gasteiger partial charge is 0.396 e. The van der Waals surface area contributed by atoms with E-state index < -0.39 is 0 Å². The SMILES string of the molecule is CCC(CC)(CO)CNc1ccc(C#N)c(Cl)c1. The first kappa shape index (κ1) is 14.8. The minimum absolute atomic E-state index is 0.0968. The van der Waals surface area contributed by atoms with E-state index in [0.29, 0.717) is 17.1 Å². The van der Waals surface area contributed by atoms with Crippen LogP contribution in [-0.4, -0.2) is 18.3 Å². The van der Waals surface area contributed by atoms with Crippen LogP contribution in [-0.2, 0) is 0 Å². The van der Waals surface area contributed by atoms with Gasteiger partial charge in [0.05, 0.1) is 17.2 Å². The Labute approximate surface area is 113 Å². The summed E-state index contributed by atoms with van der Waals surface area (Å²) in [6, 6.07) is 7.30. The Bertz CT molecular complexity index is 428. The molecule has 1 aromatic rings. The van der Waals surface area contributed by atoms with Crippen molar-refractivity contribution in [2.45, 2.75) is 26.7 Å². The topological polar surface area (TPSA) is 56.0 Å². The molecule has 0 unspecified atom stereocenters. The lowest BCUT2D eigenvalue weighted by Gasteiger charge is -2.30. The van der Waals surface area contributed by atoms with Crippen LogP contribution in [0.25, 0.3) is 0 Å². The fourth-order valence-corrected chi connectivity index (χ4v) is 2.01. The number of hydrogen-bond acceptors (Lipinski definition) is 3. The number of aliphatic hydroxyl groups excluding tert-OH is 1. The van der Waals surface area contributed by atoms with Gasteiger partial charge in [0.15, 0.2) is 0 Å². The van der Waals surface area contributed by atoms with Gasteiger partial charge in [-0.1, -0.05) is 25.4 Å². The average molecular weight is 267 g/mol. The van der Waals surface area contributed by atoms with Gasteiger partial charge in [0.1, 0.15) is 6.07 Å². The van der Waals surface area contributed by atoms with Crippen LogP contribution < -0.4 is 5.32 Å². The van der Waals surface area contributed by atoms with Crippen LogP contribution in [0.4, 0.5) is 5.69 Å². The predicted octanol–water partition coefficient (Wildman–Crippen LogP) is 3.42. The quantitative estimate of drug-likeness (QED) is 0.829. The molecule has 0 radical (unpaired) electrons. The Balaban J connectivity index is 2.75. The lowest BCUT2D eigenvalue weighted by Crippen LogP contribution is -2.32. The van der Waals surface area contributed by atoms with E-state index in [4.69, 9.17) is 16.9 Å². The summed E-state index contributed by atoms with van der Waals surface area (Å²) >= 11 is 5.97. The van der Waals surface area contributed by atoms with Crippen molar-refractivity contribution < 1.29 is 5.11 Å². The summed E-state index contributed by atoms with van der Waals surface area (Å²) < 4.78 is 0. The Morgan fingerprint density at radius 1 is 1.39 bits per heavy atom. The number of nitrogens with one attached hydrogen (secondary N) is 1. The van der Waals surface area contributed by atoms with E-state index >= 15 is 0 Å². The Morgan fingerprint density at radius 3 is 2.50 bits per heavy atom. The van der Waals surface area contributed by atoms with Gasteiger partial charge in [-0.2, -0.15) is 5.26 Å². The van der Waals surface area contributed by atoms with Crippen LogP contribution in [0, 0.1) is 16.7 Å². The van der Waals surface area contributed by atoms with E-state index in [1.54, 1.807) is 12.1 Å². The van der Waals surface area contributed by atoms with E-state index in [-0.39, 0.29) is 12.0 Å². The third kappa shape index (κ3) is 3.38. The number of rotatable bonds is 6. The van der Waals surface area contributed by atoms with Crippen molar-refractivity contribution in [1.29, 1.82) is 5.26 Å². The molecule has 0 bridgehead atoms. The maximum atomic E-state index is 9.48. The first-order valence-electron chi connectivity index (χ1n) is 6.15. The van der Waals surface area contributed by atoms with Gasteiger partial charge in [-0.05, 0) is 31.0 Å². The molecule has 0 aromatic heterocycles. The van der Waals surface area contributed by atoms with Gasteiger partial charge in [-0.25, -0.2) is 0 Å². The molecule has 0 aliphatic carbocycles. The number of hydrogen-bond donors (Lipinski definition) is 2. The van der Waals surface area contributed by atoms with Crippen LogP contribution in [0.3, 0.4) is 0 Å². The molecule has 3 nitrogen and oxygen atoms in total. The molecule has 0 aliphatic rings. The van der Waals surface area contributed by atoms with Gasteiger partial charge in [0.25, 0.3) is 0 Å². The Kier molecular flexibility index (Phi) is 5.46. The maximum Gasteiger partial charge on any atom is 0.101 e. The summed E-state index contributed by atoms with van der Waals surface area (Å²) in [6.45, 7) is 5.01. The summed E-state index contributed by atoms with van der Waals surface area (Å²) in [5, 5.41) is 22.0. The Morgan fingerprint density at radius 2 is 2.06 bits per heavy atom. The van der Waals surface area contributed by atoms with Gasteiger partial charge in [0.2, 0.25) is 0 Å². The van der Waals surface area contributed by atoms with Crippen molar-refractivity contribution >= 4 is 17.3 Å². The number of aliphatic hydroxyl groups is 1. The molecule has 0 saturated carbocycles. The number of halogens is 1. The van der Waals surface area contributed by atoms with Crippen molar-refractivity contribution in [3.63, 3.8) is 0 Å². The van der Waals surface area contributed by atoms with Gasteiger partial charge >= 0.3 is 0 Å². The normalized spacial score (nSPS) is 11.1. The molecular weight excluding hydrogens is 248 g/mol. The summed E-state index contributed by atoms with van der Waals surface area (Å²) in [4.78, 5) is 0. The zero-order chi connectivity index (χ0) is 13.6. The fourth-order valence-electron chi connectivity index (χ4n) is 1.78. The molecule has 2 N–H and O–H groups in total. The van der Waals surface area contributed by atoms with E-state index in [0.717, 1.165) is 18.5 Å². The molecule has 0 saturated heterocycles. The molecule has 0 fully saturated rings. The zero-order valence-corrected chi connectivity index (χ0v) is 11.6. The molecule has 0 spiro atoms. The molecule has 1 aromatic carbocycles. The average Bonchev–Trinajstić information content (AvgIpc) is 2.41. The van der Waals surface area contributed by atoms with E-state index in [9.17, 15) is 5.11 Å². The van der Waals surface area contributed by atoms with Crippen LogP contribution in [0.15, 0.2) is 18.2 Å². The number of nitrogens with zero attached hydrogens (tertiary/aromatic N) is 1. The van der Waals surface area contributed by atoms with Crippen molar-refractivity contribution in [1.82, 2.24) is 0 Å². The van der Waals surface area contributed by atoms with Crippen molar-refractivity contribution in [3.05, 3.63) is 28.8 Å². The molecule has 98 valence electrons. The highest BCUT2D eigenvalue weighted by molar-refractivity contribution is 6.32. The summed E-state index contributed by atoms with van der Waals surface area (Å²) in [5.74, 6) is 0. The summed E-state index contributed by atoms with van der Waals surface area (Å²) in [6.07, 6.45) is 1.83. The fraction of sp³-hybridized carbons (Fsp3) is 0.500. The van der Waals surface area contributed by atoms with Gasteiger partial charge in [0, 0.05) is 17.6 Å². The monoisotopic (exact) mass is 266 g/mol. The summed E-state index contributed by atoms with van der Waals surface area (Å²) in [5.41, 5.74) is 1.25. The number of benzene rings is 1. The van der Waals surface area contributed by atoms with Gasteiger partial charge in [-0.15, -0.1) is 0 Å². The minimum Gasteiger partial charge on any atom is -0.396 e. The molecule has 0 atom stereocenters. The smallest absolute Gasteiger partial charge is 0.101 e. The first-order valence-corrected chi connectivity index (χ1v) is 6.53. The number of anilines is 1. The predicted molar refractivity (Wildman–Crippen MR) is 74.8 cm³/mol. The van der Waals surface area contributed by atoms with E-state index in [2.05, 4.69) is 19.2 Å². The van der Waals surface area contributed by atoms with Gasteiger partial charge < -0.3 is 10.4 Å². The second-order valence-electron chi connectivity index (χ2n) is 4.53. The van der Waals surface area contributed by atoms with Gasteiger partial charge in [-0.3, -0.25) is 0 Å². The Hall–Kier alpha value is -1.24. The van der Waals surface area contributed by atoms with E-state index in [1.165, 1.54) is 0 Å². The molecule has 0 heterocycles. The van der Waals surface area contributed by atoms with Crippen LogP contribution in [0.5, 0.6) is 0 Å². The highest BCUT2D eigenvalue weighted by Crippen LogP contribution is 2.27. The summed E-state index contributed by atoms with van der Waals surface area (Å²) in [7, 11) is 0. The molecule has 0 amide bonds. The molecule has 1 rings (SSSR count). The second-order valence-corrected chi connectivity index (χ2v) is 4.93. The standard InChI is InChI=1S/C14H19ClN2O/c1-3-14(4-2,10-18)9-17-12-6-5-11(8-16)13(15)7-12/h5-7,17-18H,3-4,9-10H2,1-2H3. The molecule has 18 heavy (non-hydrogen) atoms. The zero-order valence-electron chi connectivity index (χ0n) is 10.8. The molecular formula is C14H19ClN2O. The molecule has 0 aliphatic heterocycles.